The second-order valence-corrected chi connectivity index (χ2v) is 7.90. The van der Waals surface area contributed by atoms with Gasteiger partial charge in [-0.1, -0.05) is 0 Å². The topological polar surface area (TPSA) is 95.2 Å². The number of morpholine rings is 2. The molecule has 9 heteroatoms. The Bertz CT molecular complexity index is 501. The van der Waals surface area contributed by atoms with Crippen LogP contribution < -0.4 is 16.0 Å². The summed E-state index contributed by atoms with van der Waals surface area (Å²) in [4.78, 5) is 29.9. The molecule has 1 unspecified atom stereocenters. The molecule has 0 aliphatic carbocycles. The van der Waals surface area contributed by atoms with Gasteiger partial charge in [0.1, 0.15) is 0 Å². The van der Waals surface area contributed by atoms with Crippen LogP contribution in [0.1, 0.15) is 12.8 Å². The predicted octanol–water partition coefficient (Wildman–Crippen LogP) is -1.75. The van der Waals surface area contributed by atoms with Crippen LogP contribution in [0.3, 0.4) is 0 Å². The normalized spacial score (nSPS) is 26.9. The van der Waals surface area contributed by atoms with Gasteiger partial charge >= 0.3 is 0 Å². The zero-order chi connectivity index (χ0) is 19.7. The Morgan fingerprint density at radius 2 is 1.46 bits per heavy atom. The smallest absolute Gasteiger partial charge is 0.228 e. The van der Waals surface area contributed by atoms with Crippen LogP contribution in [0.2, 0.25) is 0 Å². The van der Waals surface area contributed by atoms with Gasteiger partial charge in [-0.15, -0.1) is 0 Å². The van der Waals surface area contributed by atoms with Gasteiger partial charge < -0.3 is 25.4 Å². The zero-order valence-electron chi connectivity index (χ0n) is 16.8. The Kier molecular flexibility index (Phi) is 8.47. The number of rotatable bonds is 9. The first-order valence-electron chi connectivity index (χ1n) is 10.5. The van der Waals surface area contributed by atoms with Crippen LogP contribution in [0.15, 0.2) is 0 Å². The molecule has 0 spiro atoms. The van der Waals surface area contributed by atoms with Gasteiger partial charge in [-0.2, -0.15) is 0 Å². The molecule has 0 radical (unpaired) electrons. The third-order valence-electron chi connectivity index (χ3n) is 5.90. The molecule has 3 aliphatic heterocycles. The van der Waals surface area contributed by atoms with Crippen molar-refractivity contribution in [3.8, 4) is 0 Å². The molecule has 0 aromatic carbocycles. The van der Waals surface area contributed by atoms with Crippen molar-refractivity contribution in [3.63, 3.8) is 0 Å². The van der Waals surface area contributed by atoms with E-state index < -0.39 is 5.41 Å². The van der Waals surface area contributed by atoms with Gasteiger partial charge in [0.25, 0.3) is 0 Å². The van der Waals surface area contributed by atoms with E-state index in [1.807, 2.05) is 0 Å². The molecule has 0 aromatic heterocycles. The Morgan fingerprint density at radius 1 is 0.893 bits per heavy atom. The summed E-state index contributed by atoms with van der Waals surface area (Å²) in [7, 11) is 0. The van der Waals surface area contributed by atoms with Crippen molar-refractivity contribution >= 4 is 11.8 Å². The first-order valence-corrected chi connectivity index (χ1v) is 10.5. The van der Waals surface area contributed by atoms with E-state index in [2.05, 4.69) is 25.8 Å². The lowest BCUT2D eigenvalue weighted by Gasteiger charge is -2.29. The highest BCUT2D eigenvalue weighted by Gasteiger charge is 2.42. The lowest BCUT2D eigenvalue weighted by atomic mass is 9.82. The Balaban J connectivity index is 1.39. The number of nitrogens with one attached hydrogen (secondary N) is 3. The minimum atomic E-state index is -0.631. The first-order chi connectivity index (χ1) is 13.7. The van der Waals surface area contributed by atoms with Crippen LogP contribution in [0.25, 0.3) is 0 Å². The molecule has 0 saturated carbocycles. The zero-order valence-corrected chi connectivity index (χ0v) is 16.8. The molecule has 3 fully saturated rings. The van der Waals surface area contributed by atoms with Crippen molar-refractivity contribution in [2.24, 2.45) is 5.41 Å². The number of ether oxygens (including phenoxy) is 2. The molecule has 0 bridgehead atoms. The summed E-state index contributed by atoms with van der Waals surface area (Å²) in [6, 6.07) is 0. The van der Waals surface area contributed by atoms with Gasteiger partial charge in [0.15, 0.2) is 0 Å². The van der Waals surface area contributed by atoms with E-state index in [9.17, 15) is 9.59 Å². The third-order valence-corrected chi connectivity index (χ3v) is 5.90. The summed E-state index contributed by atoms with van der Waals surface area (Å²) in [5.41, 5.74) is -0.631. The van der Waals surface area contributed by atoms with Crippen molar-refractivity contribution in [1.82, 2.24) is 25.8 Å². The summed E-state index contributed by atoms with van der Waals surface area (Å²) in [6.07, 6.45) is 0.944. The summed E-state index contributed by atoms with van der Waals surface area (Å²) in [5.74, 6) is -0.0469. The van der Waals surface area contributed by atoms with E-state index in [0.29, 0.717) is 26.1 Å². The molecule has 2 amide bonds. The SMILES string of the molecule is O=C(CC1(C(=O)NCCN2CCOCC2)CCNC1)NCCN1CCOCC1. The van der Waals surface area contributed by atoms with Crippen molar-refractivity contribution in [2.45, 2.75) is 12.8 Å². The summed E-state index contributed by atoms with van der Waals surface area (Å²) < 4.78 is 10.7. The summed E-state index contributed by atoms with van der Waals surface area (Å²) in [6.45, 7) is 10.9. The van der Waals surface area contributed by atoms with E-state index in [1.54, 1.807) is 0 Å². The lowest BCUT2D eigenvalue weighted by Crippen LogP contribution is -2.49. The average Bonchev–Trinajstić information content (AvgIpc) is 3.19. The third kappa shape index (κ3) is 6.38. The van der Waals surface area contributed by atoms with Crippen molar-refractivity contribution in [1.29, 1.82) is 0 Å². The fraction of sp³-hybridized carbons (Fsp3) is 0.895. The summed E-state index contributed by atoms with van der Waals surface area (Å²) in [5, 5.41) is 9.31. The molecule has 3 heterocycles. The number of carbonyl (C=O) groups excluding carboxylic acids is 2. The monoisotopic (exact) mass is 397 g/mol. The van der Waals surface area contributed by atoms with Crippen LogP contribution in [0, 0.1) is 5.41 Å². The molecule has 28 heavy (non-hydrogen) atoms. The molecular formula is C19H35N5O4. The second kappa shape index (κ2) is 11.1. The molecule has 3 saturated heterocycles. The Hall–Kier alpha value is -1.26. The van der Waals surface area contributed by atoms with Crippen molar-refractivity contribution in [3.05, 3.63) is 0 Å². The molecule has 160 valence electrons. The molecular weight excluding hydrogens is 362 g/mol. The molecule has 0 aromatic rings. The van der Waals surface area contributed by atoms with Crippen molar-refractivity contribution in [2.75, 3.05) is 91.9 Å². The summed E-state index contributed by atoms with van der Waals surface area (Å²) >= 11 is 0. The number of amides is 2. The predicted molar refractivity (Wildman–Crippen MR) is 105 cm³/mol. The van der Waals surface area contributed by atoms with E-state index in [1.165, 1.54) is 0 Å². The van der Waals surface area contributed by atoms with Gasteiger partial charge in [0, 0.05) is 65.3 Å². The highest BCUT2D eigenvalue weighted by atomic mass is 16.5. The van der Waals surface area contributed by atoms with Gasteiger partial charge in [0.2, 0.25) is 11.8 Å². The van der Waals surface area contributed by atoms with E-state index in [0.717, 1.165) is 72.2 Å². The van der Waals surface area contributed by atoms with Crippen LogP contribution in [0.4, 0.5) is 0 Å². The number of nitrogens with zero attached hydrogens (tertiary/aromatic N) is 2. The van der Waals surface area contributed by atoms with Crippen LogP contribution in [0.5, 0.6) is 0 Å². The van der Waals surface area contributed by atoms with Crippen LogP contribution in [-0.4, -0.2) is 113 Å². The largest absolute Gasteiger partial charge is 0.379 e. The maximum absolute atomic E-state index is 12.9. The Labute approximate surface area is 167 Å². The van der Waals surface area contributed by atoms with Gasteiger partial charge in [-0.25, -0.2) is 0 Å². The van der Waals surface area contributed by atoms with Crippen molar-refractivity contribution < 1.29 is 19.1 Å². The fourth-order valence-corrected chi connectivity index (χ4v) is 4.06. The van der Waals surface area contributed by atoms with Crippen LogP contribution >= 0.6 is 0 Å². The number of carbonyl (C=O) groups is 2. The van der Waals surface area contributed by atoms with Gasteiger partial charge in [-0.05, 0) is 13.0 Å². The van der Waals surface area contributed by atoms with E-state index in [4.69, 9.17) is 9.47 Å². The highest BCUT2D eigenvalue weighted by Crippen LogP contribution is 2.30. The number of hydrogen-bond acceptors (Lipinski definition) is 7. The first kappa shape index (κ1) is 21.4. The minimum absolute atomic E-state index is 0.00547. The minimum Gasteiger partial charge on any atom is -0.379 e. The molecule has 9 nitrogen and oxygen atoms in total. The second-order valence-electron chi connectivity index (χ2n) is 7.90. The highest BCUT2D eigenvalue weighted by molar-refractivity contribution is 5.89. The molecule has 3 rings (SSSR count). The van der Waals surface area contributed by atoms with E-state index >= 15 is 0 Å². The van der Waals surface area contributed by atoms with Crippen LogP contribution in [-0.2, 0) is 19.1 Å². The van der Waals surface area contributed by atoms with E-state index in [-0.39, 0.29) is 18.2 Å². The Morgan fingerprint density at radius 3 is 2.00 bits per heavy atom. The molecule has 3 N–H and O–H groups in total. The standard InChI is InChI=1S/C19H35N5O4/c25-17(21-3-5-23-7-11-27-12-8-23)15-19(1-2-20-16-19)18(26)22-4-6-24-9-13-28-14-10-24/h20H,1-16H2,(H,21,25)(H,22,26). The van der Waals surface area contributed by atoms with Gasteiger partial charge in [0.05, 0.1) is 31.8 Å². The van der Waals surface area contributed by atoms with Gasteiger partial charge in [-0.3, -0.25) is 19.4 Å². The lowest BCUT2D eigenvalue weighted by molar-refractivity contribution is -0.135. The average molecular weight is 398 g/mol. The number of hydrogen-bond donors (Lipinski definition) is 3. The maximum atomic E-state index is 12.9. The fourth-order valence-electron chi connectivity index (χ4n) is 4.06. The molecule has 3 aliphatic rings. The maximum Gasteiger partial charge on any atom is 0.228 e. The molecule has 1 atom stereocenters. The quantitative estimate of drug-likeness (QED) is 0.425.